The molecule has 0 atom stereocenters. The molecule has 1 aliphatic rings. The van der Waals surface area contributed by atoms with Crippen molar-refractivity contribution in [3.8, 4) is 11.1 Å². The molecular formula is C28H32ClN3O4. The number of esters is 1. The number of aromatic nitrogens is 1. The van der Waals surface area contributed by atoms with Crippen LogP contribution in [0.1, 0.15) is 43.7 Å². The van der Waals surface area contributed by atoms with E-state index in [9.17, 15) is 9.59 Å². The fourth-order valence-corrected chi connectivity index (χ4v) is 4.53. The van der Waals surface area contributed by atoms with Crippen LogP contribution in [0, 0.1) is 0 Å². The normalized spacial score (nSPS) is 14.6. The van der Waals surface area contributed by atoms with Crippen molar-refractivity contribution in [1.82, 2.24) is 14.8 Å². The van der Waals surface area contributed by atoms with Crippen molar-refractivity contribution in [2.45, 2.75) is 39.8 Å². The van der Waals surface area contributed by atoms with Gasteiger partial charge in [-0.1, -0.05) is 41.9 Å². The molecule has 2 heterocycles. The monoisotopic (exact) mass is 509 g/mol. The van der Waals surface area contributed by atoms with Gasteiger partial charge in [0.15, 0.2) is 0 Å². The van der Waals surface area contributed by atoms with Gasteiger partial charge >= 0.3 is 12.1 Å². The van der Waals surface area contributed by atoms with E-state index in [1.807, 2.05) is 63.2 Å². The van der Waals surface area contributed by atoms with E-state index in [0.717, 1.165) is 22.0 Å². The van der Waals surface area contributed by atoms with Gasteiger partial charge < -0.3 is 14.4 Å². The Kier molecular flexibility index (Phi) is 7.81. The van der Waals surface area contributed by atoms with Crippen molar-refractivity contribution in [3.63, 3.8) is 0 Å². The first kappa shape index (κ1) is 25.9. The number of rotatable bonds is 5. The number of benzene rings is 2. The molecule has 36 heavy (non-hydrogen) atoms. The van der Waals surface area contributed by atoms with E-state index in [-0.39, 0.29) is 12.7 Å². The fourth-order valence-electron chi connectivity index (χ4n) is 4.36. The molecule has 0 N–H and O–H groups in total. The maximum atomic E-state index is 13.3. The molecule has 3 aromatic rings. The minimum absolute atomic E-state index is 0.259. The highest BCUT2D eigenvalue weighted by Gasteiger charge is 2.29. The number of carbonyl (C=O) groups is 2. The van der Waals surface area contributed by atoms with Crippen LogP contribution >= 0.6 is 11.6 Å². The van der Waals surface area contributed by atoms with Gasteiger partial charge in [-0.05, 0) is 51.5 Å². The summed E-state index contributed by atoms with van der Waals surface area (Å²) in [7, 11) is 0. The Balaban J connectivity index is 1.70. The lowest BCUT2D eigenvalue weighted by atomic mass is 9.93. The highest BCUT2D eigenvalue weighted by molar-refractivity contribution is 6.31. The Hall–Kier alpha value is -3.16. The van der Waals surface area contributed by atoms with E-state index in [1.165, 1.54) is 0 Å². The summed E-state index contributed by atoms with van der Waals surface area (Å²) in [5.41, 5.74) is 2.98. The number of pyridine rings is 1. The molecule has 0 saturated carbocycles. The van der Waals surface area contributed by atoms with Gasteiger partial charge in [0.25, 0.3) is 0 Å². The molecule has 0 bridgehead atoms. The van der Waals surface area contributed by atoms with Gasteiger partial charge in [0.05, 0.1) is 23.4 Å². The van der Waals surface area contributed by atoms with Crippen molar-refractivity contribution >= 4 is 34.6 Å². The van der Waals surface area contributed by atoms with E-state index in [0.29, 0.717) is 49.0 Å². The summed E-state index contributed by atoms with van der Waals surface area (Å²) < 4.78 is 11.0. The molecule has 0 unspecified atom stereocenters. The Morgan fingerprint density at radius 1 is 1.03 bits per heavy atom. The van der Waals surface area contributed by atoms with E-state index in [4.69, 9.17) is 26.1 Å². The van der Waals surface area contributed by atoms with Gasteiger partial charge in [0, 0.05) is 48.7 Å². The zero-order valence-corrected chi connectivity index (χ0v) is 22.0. The van der Waals surface area contributed by atoms with Crippen LogP contribution in [0.4, 0.5) is 4.79 Å². The standard InChI is InChI=1S/C28H32ClN3O4/c1-5-35-26(33)25-23(18-31-13-15-32(16-14-31)27(34)36-28(2,3)4)30-22-12-11-20(29)17-21(22)24(25)19-9-7-6-8-10-19/h6-12,17H,5,13-16,18H2,1-4H3. The second-order valence-corrected chi connectivity index (χ2v) is 10.2. The first-order valence-corrected chi connectivity index (χ1v) is 12.6. The number of piperazine rings is 1. The summed E-state index contributed by atoms with van der Waals surface area (Å²) in [6, 6.07) is 15.3. The van der Waals surface area contributed by atoms with Crippen molar-refractivity contribution < 1.29 is 19.1 Å². The summed E-state index contributed by atoms with van der Waals surface area (Å²) in [6.45, 7) is 10.5. The highest BCUT2D eigenvalue weighted by atomic mass is 35.5. The largest absolute Gasteiger partial charge is 0.462 e. The highest BCUT2D eigenvalue weighted by Crippen LogP contribution is 2.35. The molecule has 1 saturated heterocycles. The van der Waals surface area contributed by atoms with Gasteiger partial charge in [-0.25, -0.2) is 9.59 Å². The second kappa shape index (κ2) is 10.8. The van der Waals surface area contributed by atoms with Gasteiger partial charge in [0.2, 0.25) is 0 Å². The predicted octanol–water partition coefficient (Wildman–Crippen LogP) is 5.78. The van der Waals surface area contributed by atoms with Gasteiger partial charge in [-0.3, -0.25) is 9.88 Å². The molecule has 0 radical (unpaired) electrons. The molecule has 0 aliphatic carbocycles. The van der Waals surface area contributed by atoms with Crippen LogP contribution in [0.2, 0.25) is 5.02 Å². The first-order valence-electron chi connectivity index (χ1n) is 12.2. The number of nitrogens with zero attached hydrogens (tertiary/aromatic N) is 3. The van der Waals surface area contributed by atoms with E-state index < -0.39 is 11.6 Å². The van der Waals surface area contributed by atoms with E-state index in [2.05, 4.69) is 4.90 Å². The van der Waals surface area contributed by atoms with Crippen LogP contribution in [0.5, 0.6) is 0 Å². The Labute approximate surface area is 217 Å². The van der Waals surface area contributed by atoms with Crippen molar-refractivity contribution in [3.05, 3.63) is 64.8 Å². The van der Waals surface area contributed by atoms with Crippen LogP contribution in [-0.4, -0.2) is 65.2 Å². The van der Waals surface area contributed by atoms with E-state index in [1.54, 1.807) is 17.9 Å². The lowest BCUT2D eigenvalue weighted by Gasteiger charge is -2.35. The number of carbonyl (C=O) groups excluding carboxylic acids is 2. The van der Waals surface area contributed by atoms with Crippen LogP contribution in [0.15, 0.2) is 48.5 Å². The molecule has 1 amide bonds. The molecule has 1 aliphatic heterocycles. The molecule has 1 fully saturated rings. The zero-order valence-electron chi connectivity index (χ0n) is 21.2. The zero-order chi connectivity index (χ0) is 25.9. The number of fused-ring (bicyclic) bond motifs is 1. The summed E-state index contributed by atoms with van der Waals surface area (Å²) in [5.74, 6) is -0.409. The molecule has 2 aromatic carbocycles. The number of amides is 1. The SMILES string of the molecule is CCOC(=O)c1c(CN2CCN(C(=O)OC(C)(C)C)CC2)nc2ccc(Cl)cc2c1-c1ccccc1. The molecule has 190 valence electrons. The van der Waals surface area contributed by atoms with Crippen LogP contribution in [0.3, 0.4) is 0 Å². The Morgan fingerprint density at radius 3 is 2.36 bits per heavy atom. The molecule has 1 aromatic heterocycles. The number of halogens is 1. The number of hydrogen-bond donors (Lipinski definition) is 0. The molecular weight excluding hydrogens is 478 g/mol. The fraction of sp³-hybridized carbons (Fsp3) is 0.393. The second-order valence-electron chi connectivity index (χ2n) is 9.80. The summed E-state index contributed by atoms with van der Waals surface area (Å²) in [6.07, 6.45) is -0.304. The van der Waals surface area contributed by atoms with Crippen molar-refractivity contribution in [1.29, 1.82) is 0 Å². The van der Waals surface area contributed by atoms with Crippen LogP contribution in [0.25, 0.3) is 22.0 Å². The molecule has 0 spiro atoms. The van der Waals surface area contributed by atoms with Crippen LogP contribution < -0.4 is 0 Å². The third-order valence-electron chi connectivity index (χ3n) is 5.96. The maximum Gasteiger partial charge on any atom is 0.410 e. The average Bonchev–Trinajstić information content (AvgIpc) is 2.83. The topological polar surface area (TPSA) is 72.0 Å². The van der Waals surface area contributed by atoms with Gasteiger partial charge in [0.1, 0.15) is 5.60 Å². The van der Waals surface area contributed by atoms with Crippen molar-refractivity contribution in [2.24, 2.45) is 0 Å². The smallest absolute Gasteiger partial charge is 0.410 e. The number of ether oxygens (including phenoxy) is 2. The third-order valence-corrected chi connectivity index (χ3v) is 6.20. The van der Waals surface area contributed by atoms with Crippen LogP contribution in [-0.2, 0) is 16.0 Å². The molecule has 4 rings (SSSR count). The lowest BCUT2D eigenvalue weighted by molar-refractivity contribution is 0.0138. The minimum atomic E-state index is -0.533. The lowest BCUT2D eigenvalue weighted by Crippen LogP contribution is -2.49. The quantitative estimate of drug-likeness (QED) is 0.406. The Bertz CT molecular complexity index is 1250. The summed E-state index contributed by atoms with van der Waals surface area (Å²) >= 11 is 6.35. The molecule has 7 nitrogen and oxygen atoms in total. The average molecular weight is 510 g/mol. The van der Waals surface area contributed by atoms with Crippen molar-refractivity contribution in [2.75, 3.05) is 32.8 Å². The third kappa shape index (κ3) is 5.97. The maximum absolute atomic E-state index is 13.3. The first-order chi connectivity index (χ1) is 17.2. The minimum Gasteiger partial charge on any atom is -0.462 e. The predicted molar refractivity (Wildman–Crippen MR) is 141 cm³/mol. The van der Waals surface area contributed by atoms with Gasteiger partial charge in [-0.2, -0.15) is 0 Å². The summed E-state index contributed by atoms with van der Waals surface area (Å²) in [4.78, 5) is 34.6. The molecule has 8 heteroatoms. The summed E-state index contributed by atoms with van der Waals surface area (Å²) in [5, 5.41) is 1.37. The van der Waals surface area contributed by atoms with Gasteiger partial charge in [-0.15, -0.1) is 0 Å². The van der Waals surface area contributed by atoms with E-state index >= 15 is 0 Å². The number of hydrogen-bond acceptors (Lipinski definition) is 6. The Morgan fingerprint density at radius 2 is 1.72 bits per heavy atom.